The van der Waals surface area contributed by atoms with Crippen molar-refractivity contribution in [3.05, 3.63) is 64.3 Å². The molecule has 0 saturated carbocycles. The van der Waals surface area contributed by atoms with Gasteiger partial charge in [0.15, 0.2) is 0 Å². The number of benzene rings is 2. The monoisotopic (exact) mass is 564 g/mol. The maximum absolute atomic E-state index is 12.8. The summed E-state index contributed by atoms with van der Waals surface area (Å²) in [6.07, 6.45) is 2.80. The third-order valence-corrected chi connectivity index (χ3v) is 9.44. The molecule has 1 aromatic heterocycles. The number of halogens is 2. The van der Waals surface area contributed by atoms with Gasteiger partial charge in [-0.25, -0.2) is 22.4 Å². The molecule has 2 aromatic carbocycles. The molecule has 1 aliphatic heterocycles. The summed E-state index contributed by atoms with van der Waals surface area (Å²) in [6, 6.07) is 11.2. The van der Waals surface area contributed by atoms with Gasteiger partial charge in [-0.2, -0.15) is 9.71 Å². The number of hydrogen-bond acceptors (Lipinski definition) is 8. The molecule has 2 heterocycles. The molecule has 0 amide bonds. The van der Waals surface area contributed by atoms with Gasteiger partial charge in [0.05, 0.1) is 38.1 Å². The lowest BCUT2D eigenvalue weighted by Gasteiger charge is -2.10. The first kappa shape index (κ1) is 26.2. The van der Waals surface area contributed by atoms with Gasteiger partial charge >= 0.3 is 0 Å². The number of anilines is 3. The fraction of sp³-hybridized carbons (Fsp3) is 0.217. The lowest BCUT2D eigenvalue weighted by molar-refractivity contribution is 0.586. The van der Waals surface area contributed by atoms with Crippen LogP contribution in [0.2, 0.25) is 10.0 Å². The van der Waals surface area contributed by atoms with E-state index >= 15 is 0 Å². The number of hydrogen-bond donors (Lipinski definition) is 4. The Morgan fingerprint density at radius 3 is 2.81 bits per heavy atom. The average Bonchev–Trinajstić information content (AvgIpc) is 2.84. The Balaban J connectivity index is 1.54. The quantitative estimate of drug-likeness (QED) is 0.344. The number of nitrogens with one attached hydrogen (secondary N) is 4. The van der Waals surface area contributed by atoms with Crippen LogP contribution in [0.5, 0.6) is 0 Å². The Bertz CT molecular complexity index is 1570. The van der Waals surface area contributed by atoms with Crippen LogP contribution in [0.15, 0.2) is 58.5 Å². The molecule has 0 aliphatic carbocycles. The molecule has 1 unspecified atom stereocenters. The maximum Gasteiger partial charge on any atom is 0.242 e. The predicted octanol–water partition coefficient (Wildman–Crippen LogP) is 4.47. The van der Waals surface area contributed by atoms with E-state index in [1.807, 2.05) is 0 Å². The molecule has 3 aromatic rings. The van der Waals surface area contributed by atoms with Crippen LogP contribution in [0, 0.1) is 16.6 Å². The van der Waals surface area contributed by atoms with Crippen LogP contribution in [-0.2, 0) is 19.8 Å². The summed E-state index contributed by atoms with van der Waals surface area (Å²) in [7, 11) is -6.81. The second kappa shape index (κ2) is 11.0. The van der Waals surface area contributed by atoms with Crippen molar-refractivity contribution >= 4 is 60.4 Å². The van der Waals surface area contributed by atoms with Crippen LogP contribution in [-0.4, -0.2) is 41.4 Å². The highest BCUT2D eigenvalue weighted by atomic mass is 35.5. The number of nitrogens with zero attached hydrogens (tertiary/aromatic N) is 2. The van der Waals surface area contributed by atoms with Gasteiger partial charge in [-0.05, 0) is 43.2 Å². The standard InChI is InChI=1S/C23H22Cl2N6O3S2/c24-19-9-4-10-20(21(19)25)36(33,34)29-12-5-6-16-15-28-23-30-17-7-3-8-18(14-17)35(26,32)13-2-1-11-27-22(16)31-23/h3-4,7-10,14-15,26,29H,1-2,11-13H2,(H2,27,28,30,31). The molecule has 0 radical (unpaired) electrons. The SMILES string of the molecule is N=S1(=O)CCCCNc2nc(ncc2C#CCNS(=O)(=O)c2cccc(Cl)c2Cl)Nc2cccc1c2. The molecule has 4 bridgehead atoms. The van der Waals surface area contributed by atoms with Crippen LogP contribution in [0.1, 0.15) is 18.4 Å². The average molecular weight is 566 g/mol. The zero-order valence-corrected chi connectivity index (χ0v) is 22.0. The van der Waals surface area contributed by atoms with Crippen molar-refractivity contribution in [2.45, 2.75) is 22.6 Å². The smallest absolute Gasteiger partial charge is 0.242 e. The molecule has 36 heavy (non-hydrogen) atoms. The van der Waals surface area contributed by atoms with Gasteiger partial charge in [0.25, 0.3) is 0 Å². The molecule has 9 nitrogen and oxygen atoms in total. The lowest BCUT2D eigenvalue weighted by Crippen LogP contribution is -2.24. The zero-order valence-electron chi connectivity index (χ0n) is 18.8. The van der Waals surface area contributed by atoms with E-state index in [0.29, 0.717) is 47.3 Å². The fourth-order valence-corrected chi connectivity index (χ4v) is 6.52. The summed E-state index contributed by atoms with van der Waals surface area (Å²) in [5, 5.41) is 6.35. The molecular weight excluding hydrogens is 543 g/mol. The second-order valence-electron chi connectivity index (χ2n) is 7.80. The first-order valence-electron chi connectivity index (χ1n) is 10.8. The molecule has 1 atom stereocenters. The van der Waals surface area contributed by atoms with Gasteiger partial charge in [0.1, 0.15) is 10.7 Å². The molecule has 4 rings (SSSR count). The minimum absolute atomic E-state index is 0.0571. The topological polar surface area (TPSA) is 137 Å². The van der Waals surface area contributed by atoms with Crippen molar-refractivity contribution in [1.29, 1.82) is 4.78 Å². The van der Waals surface area contributed by atoms with Gasteiger partial charge in [0, 0.05) is 22.9 Å². The highest BCUT2D eigenvalue weighted by Gasteiger charge is 2.18. The van der Waals surface area contributed by atoms with E-state index in [4.69, 9.17) is 28.0 Å². The Morgan fingerprint density at radius 2 is 1.97 bits per heavy atom. The molecule has 188 valence electrons. The molecule has 1 aliphatic rings. The normalized spacial score (nSPS) is 17.7. The van der Waals surface area contributed by atoms with Gasteiger partial charge in [0.2, 0.25) is 16.0 Å². The molecule has 0 spiro atoms. The molecule has 0 fully saturated rings. The third kappa shape index (κ3) is 6.27. The van der Waals surface area contributed by atoms with Crippen molar-refractivity contribution in [3.8, 4) is 11.8 Å². The maximum atomic E-state index is 12.8. The molecule has 0 saturated heterocycles. The van der Waals surface area contributed by atoms with E-state index in [2.05, 4.69) is 37.2 Å². The Morgan fingerprint density at radius 1 is 1.17 bits per heavy atom. The first-order chi connectivity index (χ1) is 17.2. The summed E-state index contributed by atoms with van der Waals surface area (Å²) in [5.74, 6) is 6.69. The van der Waals surface area contributed by atoms with E-state index in [0.717, 1.165) is 0 Å². The van der Waals surface area contributed by atoms with E-state index in [1.165, 1.54) is 24.4 Å². The minimum Gasteiger partial charge on any atom is -0.369 e. The van der Waals surface area contributed by atoms with Crippen molar-refractivity contribution < 1.29 is 12.6 Å². The van der Waals surface area contributed by atoms with E-state index < -0.39 is 19.8 Å². The largest absolute Gasteiger partial charge is 0.369 e. The van der Waals surface area contributed by atoms with E-state index in [1.54, 1.807) is 24.3 Å². The van der Waals surface area contributed by atoms with Crippen LogP contribution >= 0.6 is 23.2 Å². The summed E-state index contributed by atoms with van der Waals surface area (Å²) >= 11 is 11.9. The van der Waals surface area contributed by atoms with Crippen LogP contribution in [0.25, 0.3) is 0 Å². The molecule has 13 heteroatoms. The number of rotatable bonds is 3. The van der Waals surface area contributed by atoms with Gasteiger partial charge in [-0.1, -0.05) is 47.2 Å². The van der Waals surface area contributed by atoms with Crippen LogP contribution in [0.4, 0.5) is 17.5 Å². The first-order valence-corrected chi connectivity index (χ1v) is 14.8. The van der Waals surface area contributed by atoms with Gasteiger partial charge in [-0.15, -0.1) is 0 Å². The summed E-state index contributed by atoms with van der Waals surface area (Å²) in [4.78, 5) is 9.13. The second-order valence-corrected chi connectivity index (χ2v) is 12.6. The summed E-state index contributed by atoms with van der Waals surface area (Å²) in [6.45, 7) is 0.355. The van der Waals surface area contributed by atoms with Crippen molar-refractivity contribution in [1.82, 2.24) is 14.7 Å². The molecular formula is C23H22Cl2N6O3S2. The fourth-order valence-electron chi connectivity index (χ4n) is 3.37. The predicted molar refractivity (Wildman–Crippen MR) is 142 cm³/mol. The summed E-state index contributed by atoms with van der Waals surface area (Å²) < 4.78 is 48.6. The zero-order chi connectivity index (χ0) is 25.8. The highest BCUT2D eigenvalue weighted by molar-refractivity contribution is 7.92. The van der Waals surface area contributed by atoms with Gasteiger partial charge in [-0.3, -0.25) is 0 Å². The highest BCUT2D eigenvalue weighted by Crippen LogP contribution is 2.28. The summed E-state index contributed by atoms with van der Waals surface area (Å²) in [5.41, 5.74) is 1.10. The van der Waals surface area contributed by atoms with Crippen molar-refractivity contribution in [3.63, 3.8) is 0 Å². The van der Waals surface area contributed by atoms with Crippen molar-refractivity contribution in [2.24, 2.45) is 0 Å². The van der Waals surface area contributed by atoms with E-state index in [9.17, 15) is 12.6 Å². The molecule has 4 N–H and O–H groups in total. The number of sulfonamides is 1. The Kier molecular flexibility index (Phi) is 8.02. The van der Waals surface area contributed by atoms with Crippen LogP contribution in [0.3, 0.4) is 0 Å². The number of aromatic nitrogens is 2. The Hall–Kier alpha value is -2.88. The van der Waals surface area contributed by atoms with Crippen LogP contribution < -0.4 is 15.4 Å². The Labute approximate surface area is 220 Å². The van der Waals surface area contributed by atoms with Crippen molar-refractivity contribution in [2.75, 3.05) is 29.5 Å². The minimum atomic E-state index is -3.91. The third-order valence-electron chi connectivity index (χ3n) is 5.19. The number of fused-ring (bicyclic) bond motifs is 4. The lowest BCUT2D eigenvalue weighted by atomic mass is 10.3. The van der Waals surface area contributed by atoms with Gasteiger partial charge < -0.3 is 10.6 Å². The van der Waals surface area contributed by atoms with E-state index in [-0.39, 0.29) is 27.2 Å².